The van der Waals surface area contributed by atoms with E-state index in [-0.39, 0.29) is 0 Å². The summed E-state index contributed by atoms with van der Waals surface area (Å²) in [5, 5.41) is 14.0. The molecule has 0 aromatic carbocycles. The summed E-state index contributed by atoms with van der Waals surface area (Å²) in [7, 11) is 1.89. The highest BCUT2D eigenvalue weighted by atomic mass is 35.5. The fourth-order valence-corrected chi connectivity index (χ4v) is 2.64. The van der Waals surface area contributed by atoms with Crippen LogP contribution >= 0.6 is 22.9 Å². The number of aliphatic hydroxyl groups is 1. The van der Waals surface area contributed by atoms with Crippen LogP contribution in [0.5, 0.6) is 0 Å². The average molecular weight is 257 g/mol. The number of hydrogen-bond donors (Lipinski definition) is 1. The van der Waals surface area contributed by atoms with E-state index >= 15 is 0 Å². The zero-order chi connectivity index (χ0) is 11.5. The number of rotatable bonds is 4. The molecule has 0 radical (unpaired) electrons. The van der Waals surface area contributed by atoms with E-state index < -0.39 is 6.10 Å². The van der Waals surface area contributed by atoms with Crippen molar-refractivity contribution in [2.24, 2.45) is 7.05 Å². The Morgan fingerprint density at radius 2 is 2.38 bits per heavy atom. The van der Waals surface area contributed by atoms with Crippen molar-refractivity contribution in [3.05, 3.63) is 39.3 Å². The van der Waals surface area contributed by atoms with Gasteiger partial charge < -0.3 is 5.11 Å². The van der Waals surface area contributed by atoms with E-state index in [4.69, 9.17) is 11.6 Å². The molecule has 3 nitrogen and oxygen atoms in total. The zero-order valence-corrected chi connectivity index (χ0v) is 10.5. The van der Waals surface area contributed by atoms with Gasteiger partial charge in [-0.3, -0.25) is 4.68 Å². The Labute approximate surface area is 103 Å². The van der Waals surface area contributed by atoms with Crippen molar-refractivity contribution < 1.29 is 5.11 Å². The summed E-state index contributed by atoms with van der Waals surface area (Å²) in [4.78, 5) is 0.925. The molecule has 86 valence electrons. The molecule has 16 heavy (non-hydrogen) atoms. The van der Waals surface area contributed by atoms with Gasteiger partial charge in [-0.1, -0.05) is 11.6 Å². The minimum Gasteiger partial charge on any atom is -0.388 e. The molecular weight excluding hydrogens is 244 g/mol. The predicted molar refractivity (Wildman–Crippen MR) is 65.8 cm³/mol. The molecule has 0 saturated heterocycles. The molecule has 0 aliphatic heterocycles. The van der Waals surface area contributed by atoms with Gasteiger partial charge in [-0.2, -0.15) is 5.10 Å². The standard InChI is InChI=1S/C11H13ClN2OS/c1-14-7-8(6-13-14)2-3-9(15)10-4-5-11(12)16-10/h4-7,9,15H,2-3H2,1H3. The molecule has 5 heteroatoms. The van der Waals surface area contributed by atoms with Crippen LogP contribution in [0, 0.1) is 0 Å². The number of aromatic nitrogens is 2. The van der Waals surface area contributed by atoms with E-state index in [1.807, 2.05) is 31.6 Å². The molecule has 2 heterocycles. The quantitative estimate of drug-likeness (QED) is 0.914. The van der Waals surface area contributed by atoms with Crippen LogP contribution in [0.3, 0.4) is 0 Å². The molecule has 0 saturated carbocycles. The van der Waals surface area contributed by atoms with Crippen LogP contribution in [-0.2, 0) is 13.5 Å². The highest BCUT2D eigenvalue weighted by molar-refractivity contribution is 7.16. The fraction of sp³-hybridized carbons (Fsp3) is 0.364. The van der Waals surface area contributed by atoms with Gasteiger partial charge in [0.1, 0.15) is 0 Å². The Morgan fingerprint density at radius 1 is 1.56 bits per heavy atom. The molecule has 1 N–H and O–H groups in total. The average Bonchev–Trinajstić information content (AvgIpc) is 2.84. The Morgan fingerprint density at radius 3 is 2.94 bits per heavy atom. The van der Waals surface area contributed by atoms with Gasteiger partial charge in [0.15, 0.2) is 0 Å². The van der Waals surface area contributed by atoms with Gasteiger partial charge in [0.25, 0.3) is 0 Å². The monoisotopic (exact) mass is 256 g/mol. The first kappa shape index (κ1) is 11.6. The number of halogens is 1. The molecular formula is C11H13ClN2OS. The topological polar surface area (TPSA) is 38.0 Å². The molecule has 1 unspecified atom stereocenters. The first-order valence-electron chi connectivity index (χ1n) is 5.06. The third-order valence-electron chi connectivity index (χ3n) is 2.39. The largest absolute Gasteiger partial charge is 0.388 e. The van der Waals surface area contributed by atoms with E-state index in [1.54, 1.807) is 4.68 Å². The lowest BCUT2D eigenvalue weighted by atomic mass is 10.1. The Hall–Kier alpha value is -0.840. The Bertz CT molecular complexity index is 466. The Kier molecular flexibility index (Phi) is 3.63. The third-order valence-corrected chi connectivity index (χ3v) is 3.72. The van der Waals surface area contributed by atoms with Gasteiger partial charge >= 0.3 is 0 Å². The number of hydrogen-bond acceptors (Lipinski definition) is 3. The van der Waals surface area contributed by atoms with Gasteiger partial charge in [0, 0.05) is 18.1 Å². The van der Waals surface area contributed by atoms with Gasteiger partial charge in [-0.25, -0.2) is 0 Å². The lowest BCUT2D eigenvalue weighted by Gasteiger charge is -2.06. The predicted octanol–water partition coefficient (Wildman–Crippen LogP) is 2.80. The second-order valence-corrected chi connectivity index (χ2v) is 5.47. The summed E-state index contributed by atoms with van der Waals surface area (Å²) < 4.78 is 2.49. The van der Waals surface area contributed by atoms with Gasteiger partial charge in [-0.05, 0) is 30.5 Å². The third kappa shape index (κ3) is 2.84. The van der Waals surface area contributed by atoms with Crippen LogP contribution < -0.4 is 0 Å². The van der Waals surface area contributed by atoms with Crippen LogP contribution in [0.15, 0.2) is 24.5 Å². The number of nitrogens with zero attached hydrogens (tertiary/aromatic N) is 2. The summed E-state index contributed by atoms with van der Waals surface area (Å²) in [6.07, 6.45) is 4.88. The van der Waals surface area contributed by atoms with Crippen molar-refractivity contribution in [3.8, 4) is 0 Å². The van der Waals surface area contributed by atoms with E-state index in [0.717, 1.165) is 21.2 Å². The first-order chi connectivity index (χ1) is 7.65. The minimum atomic E-state index is -0.433. The lowest BCUT2D eigenvalue weighted by Crippen LogP contribution is -1.96. The molecule has 2 aromatic heterocycles. The van der Waals surface area contributed by atoms with Crippen molar-refractivity contribution in [2.45, 2.75) is 18.9 Å². The number of thiophene rings is 1. The number of aryl methyl sites for hydroxylation is 2. The summed E-state index contributed by atoms with van der Waals surface area (Å²) in [6.45, 7) is 0. The molecule has 1 atom stereocenters. The first-order valence-corrected chi connectivity index (χ1v) is 6.25. The van der Waals surface area contributed by atoms with Crippen molar-refractivity contribution in [2.75, 3.05) is 0 Å². The van der Waals surface area contributed by atoms with Crippen LogP contribution in [0.2, 0.25) is 4.34 Å². The van der Waals surface area contributed by atoms with Gasteiger partial charge in [0.05, 0.1) is 16.6 Å². The van der Waals surface area contributed by atoms with Crippen molar-refractivity contribution in [1.29, 1.82) is 0 Å². The fourth-order valence-electron chi connectivity index (χ4n) is 1.55. The normalized spacial score (nSPS) is 12.9. The van der Waals surface area contributed by atoms with Gasteiger partial charge in [0.2, 0.25) is 0 Å². The van der Waals surface area contributed by atoms with Crippen LogP contribution in [0.1, 0.15) is 23.0 Å². The lowest BCUT2D eigenvalue weighted by molar-refractivity contribution is 0.171. The van der Waals surface area contributed by atoms with E-state index in [0.29, 0.717) is 6.42 Å². The van der Waals surface area contributed by atoms with Crippen molar-refractivity contribution in [3.63, 3.8) is 0 Å². The van der Waals surface area contributed by atoms with Crippen molar-refractivity contribution in [1.82, 2.24) is 9.78 Å². The minimum absolute atomic E-state index is 0.433. The SMILES string of the molecule is Cn1cc(CCC(O)c2ccc(Cl)s2)cn1. The summed E-state index contributed by atoms with van der Waals surface area (Å²) in [5.41, 5.74) is 1.14. The highest BCUT2D eigenvalue weighted by Gasteiger charge is 2.10. The highest BCUT2D eigenvalue weighted by Crippen LogP contribution is 2.29. The van der Waals surface area contributed by atoms with Crippen LogP contribution in [0.4, 0.5) is 0 Å². The summed E-state index contributed by atoms with van der Waals surface area (Å²) >= 11 is 7.25. The molecule has 0 aliphatic carbocycles. The maximum atomic E-state index is 9.93. The number of aliphatic hydroxyl groups excluding tert-OH is 1. The summed E-state index contributed by atoms with van der Waals surface area (Å²) in [5.74, 6) is 0. The zero-order valence-electron chi connectivity index (χ0n) is 8.93. The molecule has 0 bridgehead atoms. The molecule has 2 aromatic rings. The molecule has 0 amide bonds. The summed E-state index contributed by atoms with van der Waals surface area (Å²) in [6, 6.07) is 3.69. The van der Waals surface area contributed by atoms with E-state index in [2.05, 4.69) is 5.10 Å². The van der Waals surface area contributed by atoms with Crippen LogP contribution in [-0.4, -0.2) is 14.9 Å². The van der Waals surface area contributed by atoms with Gasteiger partial charge in [-0.15, -0.1) is 11.3 Å². The smallest absolute Gasteiger partial charge is 0.0932 e. The molecule has 0 spiro atoms. The molecule has 0 fully saturated rings. The maximum absolute atomic E-state index is 9.93. The second-order valence-electron chi connectivity index (χ2n) is 3.72. The maximum Gasteiger partial charge on any atom is 0.0932 e. The molecule has 0 aliphatic rings. The molecule has 2 rings (SSSR count). The van der Waals surface area contributed by atoms with E-state index in [9.17, 15) is 5.11 Å². The van der Waals surface area contributed by atoms with Crippen molar-refractivity contribution >= 4 is 22.9 Å². The Balaban J connectivity index is 1.91. The van der Waals surface area contributed by atoms with Crippen LogP contribution in [0.25, 0.3) is 0 Å². The van der Waals surface area contributed by atoms with E-state index in [1.165, 1.54) is 11.3 Å². The second kappa shape index (κ2) is 4.99.